The van der Waals surface area contributed by atoms with Crippen LogP contribution in [-0.4, -0.2) is 12.8 Å². The number of ketones is 1. The molecule has 0 spiro atoms. The van der Waals surface area contributed by atoms with Gasteiger partial charge in [0.15, 0.2) is 5.78 Å². The number of allylic oxidation sites excluding steroid dienone is 2. The molecule has 0 saturated heterocycles. The fraction of sp³-hybridized carbons (Fsp3) is 0.345. The van der Waals surface area contributed by atoms with Crippen molar-refractivity contribution in [3.8, 4) is 0 Å². The topological polar surface area (TPSA) is 41.1 Å². The molecule has 0 atom stereocenters. The number of para-hydroxylation sites is 1. The summed E-state index contributed by atoms with van der Waals surface area (Å²) in [6.45, 7) is 16.3. The maximum atomic E-state index is 11.3. The zero-order valence-corrected chi connectivity index (χ0v) is 20.5. The van der Waals surface area contributed by atoms with Gasteiger partial charge in [-0.05, 0) is 56.0 Å². The molecule has 172 valence electrons. The molecule has 2 N–H and O–H groups in total. The number of hydrogen-bond acceptors (Lipinski definition) is 3. The molecule has 32 heavy (non-hydrogen) atoms. The van der Waals surface area contributed by atoms with Crippen LogP contribution in [-0.2, 0) is 0 Å². The summed E-state index contributed by atoms with van der Waals surface area (Å²) in [6.07, 6.45) is 8.93. The van der Waals surface area contributed by atoms with E-state index in [4.69, 9.17) is 0 Å². The maximum Gasteiger partial charge on any atom is 0.159 e. The lowest BCUT2D eigenvalue weighted by atomic mass is 9.95. The van der Waals surface area contributed by atoms with Crippen LogP contribution >= 0.6 is 0 Å². The van der Waals surface area contributed by atoms with E-state index in [2.05, 4.69) is 37.6 Å². The lowest BCUT2D eigenvalue weighted by Gasteiger charge is -2.17. The van der Waals surface area contributed by atoms with E-state index in [-0.39, 0.29) is 5.78 Å². The number of Topliss-reactive ketones (excluding diaryl/α,β-unsaturated/α-hetero) is 1. The molecule has 0 bridgehead atoms. The van der Waals surface area contributed by atoms with Crippen LogP contribution in [0.1, 0.15) is 74.9 Å². The molecule has 0 heterocycles. The molecule has 0 aromatic heterocycles. The van der Waals surface area contributed by atoms with Gasteiger partial charge in [-0.2, -0.15) is 0 Å². The zero-order chi connectivity index (χ0) is 23.9. The molecule has 0 aliphatic heterocycles. The standard InChI is InChI=1S/C17H17NO.C12H23N/c1-12(16-6-4-5-7-17(16)18-3)14-8-10-15(11-9-14)13(2)19;1-5-8-12(9-6-2)11(4)13-10-7-3/h4-11,18H,1H2,2-3H3;7,10,12-13H,4-6,8-9H2,1-3H3/b;10-7-. The molecular formula is C29H40N2O. The fourth-order valence-corrected chi connectivity index (χ4v) is 3.52. The van der Waals surface area contributed by atoms with E-state index >= 15 is 0 Å². The molecular weight excluding hydrogens is 392 g/mol. The number of carbonyl (C=O) groups excluding carboxylic acids is 1. The fourth-order valence-electron chi connectivity index (χ4n) is 3.52. The molecule has 0 aliphatic carbocycles. The Balaban J connectivity index is 0.000000347. The van der Waals surface area contributed by atoms with Crippen LogP contribution in [0, 0.1) is 5.92 Å². The monoisotopic (exact) mass is 432 g/mol. The van der Waals surface area contributed by atoms with E-state index in [9.17, 15) is 4.79 Å². The summed E-state index contributed by atoms with van der Waals surface area (Å²) >= 11 is 0. The third kappa shape index (κ3) is 8.58. The average Bonchev–Trinajstić information content (AvgIpc) is 2.82. The van der Waals surface area contributed by atoms with Gasteiger partial charge < -0.3 is 10.6 Å². The minimum absolute atomic E-state index is 0.0767. The Hall–Kier alpha value is -3.07. The van der Waals surface area contributed by atoms with Crippen molar-refractivity contribution in [2.24, 2.45) is 5.92 Å². The van der Waals surface area contributed by atoms with Gasteiger partial charge in [0.1, 0.15) is 0 Å². The van der Waals surface area contributed by atoms with Crippen LogP contribution in [0.25, 0.3) is 5.57 Å². The molecule has 0 radical (unpaired) electrons. The van der Waals surface area contributed by atoms with Gasteiger partial charge >= 0.3 is 0 Å². The van der Waals surface area contributed by atoms with E-state index < -0.39 is 0 Å². The molecule has 0 unspecified atom stereocenters. The van der Waals surface area contributed by atoms with Crippen molar-refractivity contribution in [1.82, 2.24) is 5.32 Å². The van der Waals surface area contributed by atoms with Crippen molar-refractivity contribution < 1.29 is 4.79 Å². The van der Waals surface area contributed by atoms with Gasteiger partial charge in [0.05, 0.1) is 0 Å². The van der Waals surface area contributed by atoms with Gasteiger partial charge in [-0.15, -0.1) is 0 Å². The Bertz CT molecular complexity index is 888. The number of carbonyl (C=O) groups is 1. The van der Waals surface area contributed by atoms with E-state index in [1.54, 1.807) is 6.92 Å². The molecule has 0 fully saturated rings. The van der Waals surface area contributed by atoms with Crippen molar-refractivity contribution in [2.45, 2.75) is 53.4 Å². The van der Waals surface area contributed by atoms with Gasteiger partial charge in [-0.25, -0.2) is 0 Å². The molecule has 0 amide bonds. The normalized spacial score (nSPS) is 10.4. The number of rotatable bonds is 11. The highest BCUT2D eigenvalue weighted by Crippen LogP contribution is 2.28. The predicted molar refractivity (Wildman–Crippen MR) is 141 cm³/mol. The summed E-state index contributed by atoms with van der Waals surface area (Å²) < 4.78 is 0. The summed E-state index contributed by atoms with van der Waals surface area (Å²) in [5.41, 5.74) is 5.97. The highest BCUT2D eigenvalue weighted by Gasteiger charge is 2.09. The highest BCUT2D eigenvalue weighted by atomic mass is 16.1. The molecule has 3 nitrogen and oxygen atoms in total. The zero-order valence-electron chi connectivity index (χ0n) is 20.5. The summed E-state index contributed by atoms with van der Waals surface area (Å²) in [5, 5.41) is 6.39. The lowest BCUT2D eigenvalue weighted by molar-refractivity contribution is 0.101. The van der Waals surface area contributed by atoms with Crippen LogP contribution in [0.4, 0.5) is 5.69 Å². The summed E-state index contributed by atoms with van der Waals surface area (Å²) in [6, 6.07) is 15.6. The third-order valence-corrected chi connectivity index (χ3v) is 5.36. The van der Waals surface area contributed by atoms with Crippen LogP contribution < -0.4 is 10.6 Å². The number of benzene rings is 2. The summed E-state index contributed by atoms with van der Waals surface area (Å²) in [4.78, 5) is 11.3. The second kappa shape index (κ2) is 14.9. The van der Waals surface area contributed by atoms with Crippen LogP contribution in [0.15, 0.2) is 79.7 Å². The van der Waals surface area contributed by atoms with Crippen molar-refractivity contribution in [2.75, 3.05) is 12.4 Å². The maximum absolute atomic E-state index is 11.3. The van der Waals surface area contributed by atoms with E-state index in [1.165, 1.54) is 31.4 Å². The smallest absolute Gasteiger partial charge is 0.159 e. The first-order valence-electron chi connectivity index (χ1n) is 11.5. The Morgan fingerprint density at radius 2 is 1.53 bits per heavy atom. The van der Waals surface area contributed by atoms with Gasteiger partial charge in [-0.3, -0.25) is 4.79 Å². The Kier molecular flexibility index (Phi) is 12.5. The Morgan fingerprint density at radius 3 is 2.03 bits per heavy atom. The average molecular weight is 433 g/mol. The van der Waals surface area contributed by atoms with E-state index in [1.807, 2.05) is 74.8 Å². The summed E-state index contributed by atoms with van der Waals surface area (Å²) in [5.74, 6) is 0.721. The largest absolute Gasteiger partial charge is 0.388 e. The van der Waals surface area contributed by atoms with Gasteiger partial charge in [-0.1, -0.05) is 88.4 Å². The molecule has 3 heteroatoms. The Morgan fingerprint density at radius 1 is 0.969 bits per heavy atom. The summed E-state index contributed by atoms with van der Waals surface area (Å²) in [7, 11) is 1.89. The van der Waals surface area contributed by atoms with Crippen LogP contribution in [0.5, 0.6) is 0 Å². The van der Waals surface area contributed by atoms with Gasteiger partial charge in [0.2, 0.25) is 0 Å². The molecule has 0 aliphatic rings. The highest BCUT2D eigenvalue weighted by molar-refractivity contribution is 5.94. The molecule has 0 saturated carbocycles. The van der Waals surface area contributed by atoms with Crippen molar-refractivity contribution >= 4 is 17.0 Å². The van der Waals surface area contributed by atoms with Gasteiger partial charge in [0.25, 0.3) is 0 Å². The minimum atomic E-state index is 0.0767. The number of anilines is 1. The first-order chi connectivity index (χ1) is 15.4. The third-order valence-electron chi connectivity index (χ3n) is 5.36. The first-order valence-corrected chi connectivity index (χ1v) is 11.5. The SMILES string of the molecule is C=C(N/C=C\C)C(CCC)CCC.C=C(c1ccc(C(C)=O)cc1)c1ccccc1NC. The first kappa shape index (κ1) is 27.0. The molecule has 2 aromatic rings. The lowest BCUT2D eigenvalue weighted by Crippen LogP contribution is -2.14. The predicted octanol–water partition coefficient (Wildman–Crippen LogP) is 7.83. The molecule has 2 aromatic carbocycles. The number of nitrogens with one attached hydrogen (secondary N) is 2. The van der Waals surface area contributed by atoms with Gasteiger partial charge in [0, 0.05) is 29.6 Å². The quantitative estimate of drug-likeness (QED) is 0.355. The van der Waals surface area contributed by atoms with Crippen molar-refractivity contribution in [3.05, 3.63) is 96.4 Å². The minimum Gasteiger partial charge on any atom is -0.388 e. The van der Waals surface area contributed by atoms with Crippen molar-refractivity contribution in [3.63, 3.8) is 0 Å². The molecule has 2 rings (SSSR count). The number of hydrogen-bond donors (Lipinski definition) is 2. The van der Waals surface area contributed by atoms with E-state index in [0.29, 0.717) is 5.92 Å². The van der Waals surface area contributed by atoms with Crippen LogP contribution in [0.2, 0.25) is 0 Å². The van der Waals surface area contributed by atoms with Crippen LogP contribution in [0.3, 0.4) is 0 Å². The second-order valence-electron chi connectivity index (χ2n) is 7.85. The second-order valence-corrected chi connectivity index (χ2v) is 7.85. The van der Waals surface area contributed by atoms with Crippen molar-refractivity contribution in [1.29, 1.82) is 0 Å². The Labute approximate surface area is 195 Å². The van der Waals surface area contributed by atoms with E-state index in [0.717, 1.165) is 28.0 Å².